The van der Waals surface area contributed by atoms with E-state index in [-0.39, 0.29) is 11.9 Å². The van der Waals surface area contributed by atoms with Gasteiger partial charge in [0.25, 0.3) is 0 Å². The molecule has 0 aromatic carbocycles. The van der Waals surface area contributed by atoms with Gasteiger partial charge in [-0.25, -0.2) is 4.98 Å². The van der Waals surface area contributed by atoms with Gasteiger partial charge in [-0.05, 0) is 25.6 Å². The van der Waals surface area contributed by atoms with Crippen molar-refractivity contribution in [1.29, 1.82) is 0 Å². The van der Waals surface area contributed by atoms with Crippen molar-refractivity contribution in [3.05, 3.63) is 24.4 Å². The number of aromatic nitrogens is 1. The lowest BCUT2D eigenvalue weighted by Crippen LogP contribution is -2.41. The van der Waals surface area contributed by atoms with Crippen molar-refractivity contribution < 1.29 is 4.79 Å². The zero-order chi connectivity index (χ0) is 12.1. The molecule has 5 heteroatoms. The molecule has 17 heavy (non-hydrogen) atoms. The highest BCUT2D eigenvalue weighted by Gasteiger charge is 2.24. The first-order valence-electron chi connectivity index (χ1n) is 5.89. The van der Waals surface area contributed by atoms with E-state index in [1.165, 1.54) is 0 Å². The molecule has 1 fully saturated rings. The molecular formula is C12H18N4O. The number of hydrogen-bond donors (Lipinski definition) is 2. The van der Waals surface area contributed by atoms with E-state index < -0.39 is 0 Å². The SMILES string of the molecule is CNCC(=O)NC1CCN(c2ccccn2)C1. The zero-order valence-electron chi connectivity index (χ0n) is 10.0. The van der Waals surface area contributed by atoms with E-state index in [9.17, 15) is 4.79 Å². The van der Waals surface area contributed by atoms with Gasteiger partial charge in [0, 0.05) is 25.3 Å². The van der Waals surface area contributed by atoms with Crippen LogP contribution in [0.1, 0.15) is 6.42 Å². The molecule has 1 aliphatic heterocycles. The monoisotopic (exact) mass is 234 g/mol. The fraction of sp³-hybridized carbons (Fsp3) is 0.500. The average molecular weight is 234 g/mol. The van der Waals surface area contributed by atoms with Gasteiger partial charge in [0.15, 0.2) is 0 Å². The van der Waals surface area contributed by atoms with Gasteiger partial charge in [-0.2, -0.15) is 0 Å². The van der Waals surface area contributed by atoms with Crippen molar-refractivity contribution in [2.45, 2.75) is 12.5 Å². The molecule has 1 aliphatic rings. The van der Waals surface area contributed by atoms with Crippen LogP contribution in [0.15, 0.2) is 24.4 Å². The number of carbonyl (C=O) groups is 1. The second-order valence-electron chi connectivity index (χ2n) is 4.22. The normalized spacial score (nSPS) is 19.4. The maximum Gasteiger partial charge on any atom is 0.234 e. The Morgan fingerprint density at radius 1 is 1.59 bits per heavy atom. The highest BCUT2D eigenvalue weighted by molar-refractivity contribution is 5.78. The van der Waals surface area contributed by atoms with Crippen molar-refractivity contribution in [1.82, 2.24) is 15.6 Å². The Bertz CT molecular complexity index is 368. The molecule has 1 aromatic rings. The van der Waals surface area contributed by atoms with E-state index in [1.807, 2.05) is 18.2 Å². The Kier molecular flexibility index (Phi) is 3.93. The first kappa shape index (κ1) is 11.9. The number of nitrogens with one attached hydrogen (secondary N) is 2. The molecule has 2 N–H and O–H groups in total. The third-order valence-corrected chi connectivity index (χ3v) is 2.86. The number of anilines is 1. The lowest BCUT2D eigenvalue weighted by molar-refractivity contribution is -0.120. The van der Waals surface area contributed by atoms with Gasteiger partial charge in [0.05, 0.1) is 6.54 Å². The van der Waals surface area contributed by atoms with E-state index in [0.29, 0.717) is 6.54 Å². The highest BCUT2D eigenvalue weighted by atomic mass is 16.2. The summed E-state index contributed by atoms with van der Waals surface area (Å²) in [7, 11) is 1.77. The van der Waals surface area contributed by atoms with Crippen molar-refractivity contribution in [2.24, 2.45) is 0 Å². The molecule has 0 bridgehead atoms. The summed E-state index contributed by atoms with van der Waals surface area (Å²) in [5.41, 5.74) is 0. The standard InChI is InChI=1S/C12H18N4O/c1-13-8-12(17)15-10-5-7-16(9-10)11-4-2-3-6-14-11/h2-4,6,10,13H,5,7-9H2,1H3,(H,15,17). The number of amides is 1. The third kappa shape index (κ3) is 3.17. The van der Waals surface area contributed by atoms with Crippen LogP contribution in [0.2, 0.25) is 0 Å². The average Bonchev–Trinajstić information content (AvgIpc) is 2.79. The molecule has 2 heterocycles. The van der Waals surface area contributed by atoms with Gasteiger partial charge in [0.2, 0.25) is 5.91 Å². The Morgan fingerprint density at radius 2 is 2.47 bits per heavy atom. The number of rotatable bonds is 4. The lowest BCUT2D eigenvalue weighted by Gasteiger charge is -2.17. The Balaban J connectivity index is 1.86. The molecule has 1 amide bonds. The molecule has 1 saturated heterocycles. The number of carbonyl (C=O) groups excluding carboxylic acids is 1. The minimum atomic E-state index is 0.0559. The fourth-order valence-corrected chi connectivity index (χ4v) is 2.07. The summed E-state index contributed by atoms with van der Waals surface area (Å²) in [5, 5.41) is 5.85. The second kappa shape index (κ2) is 5.63. The molecule has 0 spiro atoms. The molecule has 92 valence electrons. The molecular weight excluding hydrogens is 216 g/mol. The predicted octanol–water partition coefficient (Wildman–Crippen LogP) is -0.00410. The molecule has 1 aromatic heterocycles. The summed E-state index contributed by atoms with van der Waals surface area (Å²) in [5.74, 6) is 1.04. The Morgan fingerprint density at radius 3 is 3.18 bits per heavy atom. The van der Waals surface area contributed by atoms with Gasteiger partial charge < -0.3 is 15.5 Å². The largest absolute Gasteiger partial charge is 0.354 e. The summed E-state index contributed by atoms with van der Waals surface area (Å²) in [6.45, 7) is 2.16. The fourth-order valence-electron chi connectivity index (χ4n) is 2.07. The first-order chi connectivity index (χ1) is 8.29. The third-order valence-electron chi connectivity index (χ3n) is 2.86. The summed E-state index contributed by atoms with van der Waals surface area (Å²) in [4.78, 5) is 17.9. The first-order valence-corrected chi connectivity index (χ1v) is 5.89. The van der Waals surface area contributed by atoms with Crippen LogP contribution >= 0.6 is 0 Å². The summed E-state index contributed by atoms with van der Waals surface area (Å²) >= 11 is 0. The van der Waals surface area contributed by atoms with Gasteiger partial charge in [-0.3, -0.25) is 4.79 Å². The van der Waals surface area contributed by atoms with Crippen LogP contribution in [-0.2, 0) is 4.79 Å². The van der Waals surface area contributed by atoms with Crippen LogP contribution in [0.25, 0.3) is 0 Å². The topological polar surface area (TPSA) is 57.3 Å². The van der Waals surface area contributed by atoms with Gasteiger partial charge in [-0.1, -0.05) is 6.07 Å². The minimum absolute atomic E-state index is 0.0559. The van der Waals surface area contributed by atoms with Crippen molar-refractivity contribution in [3.63, 3.8) is 0 Å². The highest BCUT2D eigenvalue weighted by Crippen LogP contribution is 2.16. The van der Waals surface area contributed by atoms with Crippen molar-refractivity contribution in [2.75, 3.05) is 31.6 Å². The van der Waals surface area contributed by atoms with E-state index >= 15 is 0 Å². The van der Waals surface area contributed by atoms with Crippen LogP contribution in [0.3, 0.4) is 0 Å². The molecule has 0 radical (unpaired) electrons. The van der Waals surface area contributed by atoms with E-state index in [2.05, 4.69) is 20.5 Å². The van der Waals surface area contributed by atoms with Gasteiger partial charge in [0.1, 0.15) is 5.82 Å². The van der Waals surface area contributed by atoms with E-state index in [0.717, 1.165) is 25.3 Å². The van der Waals surface area contributed by atoms with Crippen molar-refractivity contribution >= 4 is 11.7 Å². The van der Waals surface area contributed by atoms with Crippen molar-refractivity contribution in [3.8, 4) is 0 Å². The Hall–Kier alpha value is -1.62. The van der Waals surface area contributed by atoms with Gasteiger partial charge >= 0.3 is 0 Å². The van der Waals surface area contributed by atoms with Gasteiger partial charge in [-0.15, -0.1) is 0 Å². The maximum absolute atomic E-state index is 11.4. The zero-order valence-corrected chi connectivity index (χ0v) is 10.0. The number of nitrogens with zero attached hydrogens (tertiary/aromatic N) is 2. The lowest BCUT2D eigenvalue weighted by atomic mass is 10.2. The summed E-state index contributed by atoms with van der Waals surface area (Å²) in [6.07, 6.45) is 2.77. The number of hydrogen-bond acceptors (Lipinski definition) is 4. The quantitative estimate of drug-likeness (QED) is 0.769. The minimum Gasteiger partial charge on any atom is -0.354 e. The van der Waals surface area contributed by atoms with Crippen LogP contribution in [0, 0.1) is 0 Å². The van der Waals surface area contributed by atoms with Crippen LogP contribution in [0.5, 0.6) is 0 Å². The van der Waals surface area contributed by atoms with E-state index in [4.69, 9.17) is 0 Å². The summed E-state index contributed by atoms with van der Waals surface area (Å²) in [6, 6.07) is 6.12. The molecule has 0 saturated carbocycles. The maximum atomic E-state index is 11.4. The molecule has 0 aliphatic carbocycles. The Labute approximate surface area is 101 Å². The van der Waals surface area contributed by atoms with Crippen LogP contribution in [-0.4, -0.2) is 43.6 Å². The molecule has 5 nitrogen and oxygen atoms in total. The van der Waals surface area contributed by atoms with Crippen LogP contribution < -0.4 is 15.5 Å². The smallest absolute Gasteiger partial charge is 0.234 e. The van der Waals surface area contributed by atoms with Crippen LogP contribution in [0.4, 0.5) is 5.82 Å². The molecule has 1 unspecified atom stereocenters. The molecule has 2 rings (SSSR count). The molecule has 1 atom stereocenters. The second-order valence-corrected chi connectivity index (χ2v) is 4.22. The predicted molar refractivity (Wildman–Crippen MR) is 66.9 cm³/mol. The van der Waals surface area contributed by atoms with E-state index in [1.54, 1.807) is 13.2 Å². The summed E-state index contributed by atoms with van der Waals surface area (Å²) < 4.78 is 0. The number of likely N-dealkylation sites (N-methyl/N-ethyl adjacent to an activating group) is 1. The number of pyridine rings is 1.